The number of piperidine rings is 1. The topological polar surface area (TPSA) is 70.1 Å². The third-order valence-corrected chi connectivity index (χ3v) is 8.02. The van der Waals surface area contributed by atoms with Gasteiger partial charge in [0.05, 0.1) is 17.2 Å². The van der Waals surface area contributed by atoms with Gasteiger partial charge in [0.2, 0.25) is 0 Å². The van der Waals surface area contributed by atoms with Crippen LogP contribution in [-0.4, -0.2) is 59.1 Å². The van der Waals surface area contributed by atoms with Gasteiger partial charge >= 0.3 is 5.97 Å². The summed E-state index contributed by atoms with van der Waals surface area (Å²) in [7, 11) is 0. The van der Waals surface area contributed by atoms with Crippen molar-refractivity contribution in [1.82, 2.24) is 9.80 Å². The molecule has 1 amide bonds. The predicted molar refractivity (Wildman–Crippen MR) is 135 cm³/mol. The third-order valence-electron chi connectivity index (χ3n) is 7.72. The van der Waals surface area contributed by atoms with E-state index < -0.39 is 29.6 Å². The Bertz CT molecular complexity index is 1180. The van der Waals surface area contributed by atoms with Crippen LogP contribution < -0.4 is 4.74 Å². The van der Waals surface area contributed by atoms with Crippen LogP contribution >= 0.6 is 11.6 Å². The second kappa shape index (κ2) is 11.0. The Kier molecular flexibility index (Phi) is 7.67. The molecule has 1 unspecified atom stereocenters. The molecule has 6 nitrogen and oxygen atoms in total. The van der Waals surface area contributed by atoms with Gasteiger partial charge in [0.25, 0.3) is 5.91 Å². The van der Waals surface area contributed by atoms with Crippen LogP contribution in [0.1, 0.15) is 65.9 Å². The Balaban J connectivity index is 1.20. The fourth-order valence-electron chi connectivity index (χ4n) is 5.41. The molecular weight excluding hydrogens is 502 g/mol. The number of carbonyl (C=O) groups is 2. The Labute approximate surface area is 220 Å². The summed E-state index contributed by atoms with van der Waals surface area (Å²) in [5.74, 6) is -1.68. The summed E-state index contributed by atoms with van der Waals surface area (Å²) in [4.78, 5) is 28.1. The summed E-state index contributed by atoms with van der Waals surface area (Å²) >= 11 is 5.78. The highest BCUT2D eigenvalue weighted by Gasteiger charge is 2.37. The summed E-state index contributed by atoms with van der Waals surface area (Å²) < 4.78 is 35.0. The van der Waals surface area contributed by atoms with E-state index in [4.69, 9.17) is 16.3 Å². The summed E-state index contributed by atoms with van der Waals surface area (Å²) in [6, 6.07) is 6.88. The molecule has 198 valence electrons. The molecule has 5 rings (SSSR count). The van der Waals surface area contributed by atoms with Crippen LogP contribution in [0.5, 0.6) is 5.75 Å². The maximum atomic E-state index is 15.1. The zero-order chi connectivity index (χ0) is 26.1. The normalized spacial score (nSPS) is 20.8. The molecule has 37 heavy (non-hydrogen) atoms. The minimum Gasteiger partial charge on any atom is -0.493 e. The number of ether oxygens (including phenoxy) is 1. The van der Waals surface area contributed by atoms with Crippen LogP contribution in [0.25, 0.3) is 0 Å². The van der Waals surface area contributed by atoms with Crippen molar-refractivity contribution >= 4 is 23.5 Å². The number of carboxylic acid groups (broad SMARTS) is 1. The molecular formula is C28H31ClF2N2O4. The van der Waals surface area contributed by atoms with Crippen molar-refractivity contribution in [3.63, 3.8) is 0 Å². The van der Waals surface area contributed by atoms with Crippen LogP contribution in [-0.2, 0) is 11.3 Å². The maximum Gasteiger partial charge on any atom is 0.326 e. The fraction of sp³-hybridized carbons (Fsp3) is 0.500. The van der Waals surface area contributed by atoms with Crippen molar-refractivity contribution in [3.8, 4) is 5.75 Å². The van der Waals surface area contributed by atoms with E-state index in [-0.39, 0.29) is 16.5 Å². The number of rotatable bonds is 8. The van der Waals surface area contributed by atoms with Crippen molar-refractivity contribution in [1.29, 1.82) is 0 Å². The lowest BCUT2D eigenvalue weighted by Gasteiger charge is -2.32. The lowest BCUT2D eigenvalue weighted by atomic mass is 9.97. The van der Waals surface area contributed by atoms with Gasteiger partial charge in [-0.2, -0.15) is 0 Å². The van der Waals surface area contributed by atoms with Crippen LogP contribution in [0.4, 0.5) is 8.78 Å². The minimum absolute atomic E-state index is 0.0747. The van der Waals surface area contributed by atoms with Crippen LogP contribution in [0.3, 0.4) is 0 Å². The van der Waals surface area contributed by atoms with E-state index in [0.717, 1.165) is 49.9 Å². The number of carboxylic acids is 1. The molecule has 2 aromatic carbocycles. The largest absolute Gasteiger partial charge is 0.493 e. The first-order valence-corrected chi connectivity index (χ1v) is 13.3. The molecule has 1 N–H and O–H groups in total. The zero-order valence-corrected chi connectivity index (χ0v) is 21.4. The summed E-state index contributed by atoms with van der Waals surface area (Å²) in [6.07, 6.45) is 4.73. The average Bonchev–Trinajstić information content (AvgIpc) is 3.60. The molecule has 9 heteroatoms. The van der Waals surface area contributed by atoms with Gasteiger partial charge in [0.15, 0.2) is 0 Å². The van der Waals surface area contributed by atoms with Gasteiger partial charge in [0, 0.05) is 19.2 Å². The van der Waals surface area contributed by atoms with E-state index in [1.807, 2.05) is 6.07 Å². The molecule has 1 saturated carbocycles. The molecule has 0 aromatic heterocycles. The first kappa shape index (κ1) is 25.9. The maximum absolute atomic E-state index is 15.1. The molecule has 3 fully saturated rings. The van der Waals surface area contributed by atoms with Crippen LogP contribution in [0.2, 0.25) is 5.02 Å². The summed E-state index contributed by atoms with van der Waals surface area (Å²) in [5, 5.41) is 9.54. The van der Waals surface area contributed by atoms with E-state index in [1.165, 1.54) is 17.0 Å². The number of benzene rings is 2. The molecule has 0 spiro atoms. The Hall–Kier alpha value is -2.71. The number of likely N-dealkylation sites (tertiary alicyclic amines) is 2. The molecule has 1 aliphatic carbocycles. The Morgan fingerprint density at radius 1 is 1.00 bits per heavy atom. The second-order valence-corrected chi connectivity index (χ2v) is 10.8. The van der Waals surface area contributed by atoms with E-state index in [9.17, 15) is 19.1 Å². The number of amides is 1. The Morgan fingerprint density at radius 2 is 1.76 bits per heavy atom. The number of aliphatic carboxylic acids is 1. The monoisotopic (exact) mass is 532 g/mol. The average molecular weight is 533 g/mol. The molecule has 2 aliphatic heterocycles. The Morgan fingerprint density at radius 3 is 2.43 bits per heavy atom. The van der Waals surface area contributed by atoms with Gasteiger partial charge in [-0.15, -0.1) is 0 Å². The fourth-order valence-corrected chi connectivity index (χ4v) is 5.53. The van der Waals surface area contributed by atoms with E-state index >= 15 is 4.39 Å². The van der Waals surface area contributed by atoms with Gasteiger partial charge in [0.1, 0.15) is 23.4 Å². The lowest BCUT2D eigenvalue weighted by molar-refractivity contribution is -0.141. The van der Waals surface area contributed by atoms with Gasteiger partial charge in [-0.25, -0.2) is 13.6 Å². The minimum atomic E-state index is -1.06. The highest BCUT2D eigenvalue weighted by molar-refractivity contribution is 6.30. The third kappa shape index (κ3) is 5.91. The van der Waals surface area contributed by atoms with E-state index in [1.54, 1.807) is 12.1 Å². The number of halogens is 3. The molecule has 3 aliphatic rings. The standard InChI is InChI=1S/C28H31ClF2N2O4/c29-22-6-3-18(12-24(22)31)15-32-10-7-17(8-11-32)16-37-26-14-23(30)21(13-20(26)19-4-5-19)27(34)33-9-1-2-25(33)28(35)36/h3,6,12-14,17,19,25H,1-2,4-5,7-11,15-16H2,(H,35,36). The van der Waals surface area contributed by atoms with Crippen molar-refractivity contribution in [3.05, 3.63) is 63.7 Å². The summed E-state index contributed by atoms with van der Waals surface area (Å²) in [5.41, 5.74) is 1.65. The molecule has 0 radical (unpaired) electrons. The smallest absolute Gasteiger partial charge is 0.326 e. The molecule has 1 atom stereocenters. The number of hydrogen-bond acceptors (Lipinski definition) is 4. The molecule has 0 bridgehead atoms. The summed E-state index contributed by atoms with van der Waals surface area (Å²) in [6.45, 7) is 3.15. The molecule has 2 aromatic rings. The van der Waals surface area contributed by atoms with Crippen molar-refractivity contribution in [2.75, 3.05) is 26.2 Å². The van der Waals surface area contributed by atoms with Crippen LogP contribution in [0.15, 0.2) is 30.3 Å². The van der Waals surface area contributed by atoms with Crippen LogP contribution in [0, 0.1) is 17.6 Å². The first-order chi connectivity index (χ1) is 17.8. The van der Waals surface area contributed by atoms with Crippen molar-refractivity contribution in [2.45, 2.75) is 57.0 Å². The lowest BCUT2D eigenvalue weighted by Crippen LogP contribution is -2.40. The highest BCUT2D eigenvalue weighted by atomic mass is 35.5. The number of nitrogens with zero attached hydrogens (tertiary/aromatic N) is 2. The van der Waals surface area contributed by atoms with Crippen molar-refractivity contribution in [2.24, 2.45) is 5.92 Å². The zero-order valence-electron chi connectivity index (χ0n) is 20.6. The van der Waals surface area contributed by atoms with Gasteiger partial charge in [-0.05, 0) is 92.8 Å². The second-order valence-electron chi connectivity index (χ2n) is 10.4. The molecule has 2 heterocycles. The molecule has 2 saturated heterocycles. The first-order valence-electron chi connectivity index (χ1n) is 13.0. The van der Waals surface area contributed by atoms with Gasteiger partial charge < -0.3 is 14.7 Å². The predicted octanol–water partition coefficient (Wildman–Crippen LogP) is 5.48. The quantitative estimate of drug-likeness (QED) is 0.488. The van der Waals surface area contributed by atoms with E-state index in [0.29, 0.717) is 44.2 Å². The van der Waals surface area contributed by atoms with E-state index in [2.05, 4.69) is 4.90 Å². The number of hydrogen-bond donors (Lipinski definition) is 1. The van der Waals surface area contributed by atoms with Gasteiger partial charge in [-0.3, -0.25) is 9.69 Å². The SMILES string of the molecule is O=C(O)C1CCCN1C(=O)c1cc(C2CC2)c(OCC2CCN(Cc3ccc(Cl)c(F)c3)CC2)cc1F. The van der Waals surface area contributed by atoms with Gasteiger partial charge in [-0.1, -0.05) is 17.7 Å². The highest BCUT2D eigenvalue weighted by Crippen LogP contribution is 2.45. The van der Waals surface area contributed by atoms with Crippen molar-refractivity contribution < 1.29 is 28.2 Å². The number of carbonyl (C=O) groups excluding carboxylic acids is 1.